The maximum Gasteiger partial charge on any atom is 0.275 e. The molecular weight excluding hydrogens is 292 g/mol. The highest BCUT2D eigenvalue weighted by atomic mass is 35.5. The quantitative estimate of drug-likeness (QED) is 0.674. The molecular formula is C15H13ClN2O3. The summed E-state index contributed by atoms with van der Waals surface area (Å²) in [6, 6.07) is 11.4. The van der Waals surface area contributed by atoms with Gasteiger partial charge in [0.05, 0.1) is 18.9 Å². The van der Waals surface area contributed by atoms with E-state index in [0.717, 1.165) is 11.3 Å². The van der Waals surface area contributed by atoms with Crippen molar-refractivity contribution in [1.29, 1.82) is 0 Å². The van der Waals surface area contributed by atoms with E-state index in [2.05, 4.69) is 10.5 Å². The summed E-state index contributed by atoms with van der Waals surface area (Å²) in [5, 5.41) is 13.8. The molecule has 0 saturated carbocycles. The maximum atomic E-state index is 11.8. The van der Waals surface area contributed by atoms with E-state index in [9.17, 15) is 9.90 Å². The first-order chi connectivity index (χ1) is 10.1. The molecule has 0 bridgehead atoms. The van der Waals surface area contributed by atoms with Gasteiger partial charge < -0.3 is 9.84 Å². The second kappa shape index (κ2) is 6.76. The van der Waals surface area contributed by atoms with E-state index < -0.39 is 5.91 Å². The van der Waals surface area contributed by atoms with Crippen LogP contribution in [0.4, 0.5) is 0 Å². The van der Waals surface area contributed by atoms with Gasteiger partial charge in [0.15, 0.2) is 0 Å². The van der Waals surface area contributed by atoms with Gasteiger partial charge in [-0.05, 0) is 48.0 Å². The lowest BCUT2D eigenvalue weighted by Crippen LogP contribution is -2.17. The Hall–Kier alpha value is -2.53. The zero-order chi connectivity index (χ0) is 15.2. The van der Waals surface area contributed by atoms with Crippen LogP contribution in [0.15, 0.2) is 47.6 Å². The minimum atomic E-state index is -0.542. The minimum Gasteiger partial charge on any atom is -0.507 e. The molecule has 0 radical (unpaired) electrons. The lowest BCUT2D eigenvalue weighted by atomic mass is 10.2. The molecule has 1 amide bonds. The fourth-order valence-corrected chi connectivity index (χ4v) is 1.78. The number of phenols is 1. The first kappa shape index (κ1) is 14.9. The highest BCUT2D eigenvalue weighted by molar-refractivity contribution is 6.31. The number of aromatic hydroxyl groups is 1. The molecule has 0 saturated heterocycles. The summed E-state index contributed by atoms with van der Waals surface area (Å²) in [5.74, 6) is 0.0383. The van der Waals surface area contributed by atoms with Crippen LogP contribution in [0.1, 0.15) is 15.9 Å². The van der Waals surface area contributed by atoms with E-state index in [1.165, 1.54) is 24.4 Å². The van der Waals surface area contributed by atoms with Gasteiger partial charge in [0, 0.05) is 5.02 Å². The fourth-order valence-electron chi connectivity index (χ4n) is 1.61. The summed E-state index contributed by atoms with van der Waals surface area (Å²) < 4.78 is 5.04. The molecule has 0 aliphatic rings. The first-order valence-corrected chi connectivity index (χ1v) is 6.44. The number of hydrogen-bond acceptors (Lipinski definition) is 4. The third-order valence-electron chi connectivity index (χ3n) is 2.70. The van der Waals surface area contributed by atoms with Crippen molar-refractivity contribution in [2.24, 2.45) is 5.10 Å². The highest BCUT2D eigenvalue weighted by Gasteiger charge is 2.10. The van der Waals surface area contributed by atoms with Crippen LogP contribution in [-0.2, 0) is 0 Å². The molecule has 0 unspecified atom stereocenters. The lowest BCUT2D eigenvalue weighted by Gasteiger charge is -2.03. The Morgan fingerprint density at radius 1 is 1.29 bits per heavy atom. The molecule has 0 heterocycles. The van der Waals surface area contributed by atoms with Gasteiger partial charge in [-0.15, -0.1) is 0 Å². The summed E-state index contributed by atoms with van der Waals surface area (Å²) in [6.45, 7) is 0. The third-order valence-corrected chi connectivity index (χ3v) is 2.93. The number of carbonyl (C=O) groups is 1. The average Bonchev–Trinajstić information content (AvgIpc) is 2.50. The van der Waals surface area contributed by atoms with Gasteiger partial charge in [-0.3, -0.25) is 4.79 Å². The number of halogens is 1. The molecule has 6 heteroatoms. The molecule has 0 fully saturated rings. The number of methoxy groups -OCH3 is 1. The van der Waals surface area contributed by atoms with E-state index in [1.807, 2.05) is 0 Å². The van der Waals surface area contributed by atoms with E-state index in [0.29, 0.717) is 5.02 Å². The Bertz CT molecular complexity index is 669. The van der Waals surface area contributed by atoms with E-state index >= 15 is 0 Å². The van der Waals surface area contributed by atoms with E-state index in [4.69, 9.17) is 16.3 Å². The predicted molar refractivity (Wildman–Crippen MR) is 81.2 cm³/mol. The molecule has 0 spiro atoms. The number of amides is 1. The van der Waals surface area contributed by atoms with E-state index in [-0.39, 0.29) is 11.3 Å². The number of nitrogens with one attached hydrogen (secondary N) is 1. The molecule has 0 atom stereocenters. The molecule has 2 N–H and O–H groups in total. The number of carbonyl (C=O) groups excluding carboxylic acids is 1. The Balaban J connectivity index is 2.02. The number of ether oxygens (including phenoxy) is 1. The van der Waals surface area contributed by atoms with Crippen LogP contribution in [0.25, 0.3) is 0 Å². The number of benzene rings is 2. The number of hydrogen-bond donors (Lipinski definition) is 2. The number of nitrogens with zero attached hydrogens (tertiary/aromatic N) is 1. The van der Waals surface area contributed by atoms with Crippen molar-refractivity contribution in [1.82, 2.24) is 5.43 Å². The summed E-state index contributed by atoms with van der Waals surface area (Å²) in [6.07, 6.45) is 1.49. The highest BCUT2D eigenvalue weighted by Crippen LogP contribution is 2.21. The zero-order valence-electron chi connectivity index (χ0n) is 11.2. The van der Waals surface area contributed by atoms with Crippen molar-refractivity contribution in [3.8, 4) is 11.5 Å². The SMILES string of the molecule is COc1ccc(/C=N/NC(=O)c2cc(Cl)ccc2O)cc1. The topological polar surface area (TPSA) is 70.9 Å². The molecule has 2 rings (SSSR count). The van der Waals surface area contributed by atoms with Crippen LogP contribution in [-0.4, -0.2) is 24.3 Å². The van der Waals surface area contributed by atoms with Crippen LogP contribution in [0, 0.1) is 0 Å². The predicted octanol–water partition coefficient (Wildman–Crippen LogP) is 2.82. The molecule has 0 aliphatic heterocycles. The molecule has 2 aromatic rings. The van der Waals surface area contributed by atoms with Gasteiger partial charge in [0.2, 0.25) is 0 Å². The summed E-state index contributed by atoms with van der Waals surface area (Å²) in [5.41, 5.74) is 3.19. The number of hydrazone groups is 1. The minimum absolute atomic E-state index is 0.0642. The Morgan fingerprint density at radius 2 is 2.00 bits per heavy atom. The monoisotopic (exact) mass is 304 g/mol. The van der Waals surface area contributed by atoms with Crippen molar-refractivity contribution < 1.29 is 14.6 Å². The van der Waals surface area contributed by atoms with Crippen LogP contribution < -0.4 is 10.2 Å². The first-order valence-electron chi connectivity index (χ1n) is 6.06. The third kappa shape index (κ3) is 3.97. The summed E-state index contributed by atoms with van der Waals surface area (Å²) in [7, 11) is 1.58. The standard InChI is InChI=1S/C15H13ClN2O3/c1-21-12-5-2-10(3-6-12)9-17-18-15(20)13-8-11(16)4-7-14(13)19/h2-9,19H,1H3,(H,18,20)/b17-9+. The van der Waals surface area contributed by atoms with Gasteiger partial charge in [-0.25, -0.2) is 5.43 Å². The van der Waals surface area contributed by atoms with Gasteiger partial charge in [-0.2, -0.15) is 5.10 Å². The second-order valence-corrected chi connectivity index (χ2v) is 4.57. The van der Waals surface area contributed by atoms with Crippen molar-refractivity contribution in [2.45, 2.75) is 0 Å². The van der Waals surface area contributed by atoms with Crippen LogP contribution in [0.3, 0.4) is 0 Å². The van der Waals surface area contributed by atoms with Gasteiger partial charge in [0.1, 0.15) is 11.5 Å². The van der Waals surface area contributed by atoms with Gasteiger partial charge in [0.25, 0.3) is 5.91 Å². The number of rotatable bonds is 4. The molecule has 2 aromatic carbocycles. The van der Waals surface area contributed by atoms with Crippen LogP contribution in [0.5, 0.6) is 11.5 Å². The lowest BCUT2D eigenvalue weighted by molar-refractivity contribution is 0.0952. The molecule has 0 aromatic heterocycles. The summed E-state index contributed by atoms with van der Waals surface area (Å²) in [4.78, 5) is 11.8. The van der Waals surface area contributed by atoms with E-state index in [1.54, 1.807) is 31.4 Å². The van der Waals surface area contributed by atoms with Crippen LogP contribution in [0.2, 0.25) is 5.02 Å². The van der Waals surface area contributed by atoms with Gasteiger partial charge in [-0.1, -0.05) is 11.6 Å². The second-order valence-electron chi connectivity index (χ2n) is 4.13. The smallest absolute Gasteiger partial charge is 0.275 e. The van der Waals surface area contributed by atoms with Crippen LogP contribution >= 0.6 is 11.6 Å². The van der Waals surface area contributed by atoms with Crippen molar-refractivity contribution in [2.75, 3.05) is 7.11 Å². The van der Waals surface area contributed by atoms with Crippen molar-refractivity contribution in [3.05, 3.63) is 58.6 Å². The largest absolute Gasteiger partial charge is 0.507 e. The zero-order valence-corrected chi connectivity index (χ0v) is 12.0. The fraction of sp³-hybridized carbons (Fsp3) is 0.0667. The Morgan fingerprint density at radius 3 is 2.67 bits per heavy atom. The molecule has 108 valence electrons. The Kier molecular flexibility index (Phi) is 4.79. The average molecular weight is 305 g/mol. The number of phenolic OH excluding ortho intramolecular Hbond substituents is 1. The van der Waals surface area contributed by atoms with Gasteiger partial charge >= 0.3 is 0 Å². The summed E-state index contributed by atoms with van der Waals surface area (Å²) >= 11 is 5.78. The Labute approximate surface area is 126 Å². The molecule has 0 aliphatic carbocycles. The maximum absolute atomic E-state index is 11.8. The normalized spacial score (nSPS) is 10.6. The van der Waals surface area contributed by atoms with Crippen molar-refractivity contribution in [3.63, 3.8) is 0 Å². The molecule has 5 nitrogen and oxygen atoms in total. The molecule has 21 heavy (non-hydrogen) atoms. The van der Waals surface area contributed by atoms with Crippen molar-refractivity contribution >= 4 is 23.7 Å².